The maximum absolute atomic E-state index is 12.2. The van der Waals surface area contributed by atoms with Crippen LogP contribution >= 0.6 is 0 Å². The number of aryl methyl sites for hydroxylation is 2. The highest BCUT2D eigenvalue weighted by molar-refractivity contribution is 5.98. The molecule has 7 nitrogen and oxygen atoms in total. The van der Waals surface area contributed by atoms with Crippen molar-refractivity contribution in [2.45, 2.75) is 33.1 Å². The number of pyridine rings is 2. The summed E-state index contributed by atoms with van der Waals surface area (Å²) in [5, 5.41) is 9.41. The maximum atomic E-state index is 12.2. The summed E-state index contributed by atoms with van der Waals surface area (Å²) in [6, 6.07) is 12.1. The Bertz CT molecular complexity index is 1110. The van der Waals surface area contributed by atoms with Gasteiger partial charge in [0.2, 0.25) is 0 Å². The molecule has 0 spiro atoms. The molecule has 3 aromatic rings. The number of rotatable bonds is 6. The van der Waals surface area contributed by atoms with E-state index in [1.54, 1.807) is 19.3 Å². The minimum atomic E-state index is -0.234. The first kappa shape index (κ1) is 21.6. The van der Waals surface area contributed by atoms with Crippen LogP contribution in [0.3, 0.4) is 0 Å². The first-order valence-electron chi connectivity index (χ1n) is 11.1. The zero-order chi connectivity index (χ0) is 22.5. The number of nitrogens with zero attached hydrogens (tertiary/aromatic N) is 3. The summed E-state index contributed by atoms with van der Waals surface area (Å²) in [6.45, 7) is 6.36. The van der Waals surface area contributed by atoms with Gasteiger partial charge in [-0.05, 0) is 74.6 Å². The van der Waals surface area contributed by atoms with Gasteiger partial charge in [-0.25, -0.2) is 9.97 Å². The van der Waals surface area contributed by atoms with Gasteiger partial charge in [0, 0.05) is 55.7 Å². The molecule has 1 fully saturated rings. The highest BCUT2D eigenvalue weighted by atomic mass is 16.1. The van der Waals surface area contributed by atoms with Gasteiger partial charge in [-0.15, -0.1) is 0 Å². The van der Waals surface area contributed by atoms with Gasteiger partial charge < -0.3 is 20.9 Å². The molecule has 7 heteroatoms. The fourth-order valence-corrected chi connectivity index (χ4v) is 3.95. The predicted octanol–water partition coefficient (Wildman–Crippen LogP) is 4.93. The van der Waals surface area contributed by atoms with Crippen LogP contribution in [-0.4, -0.2) is 36.0 Å². The molecule has 0 aliphatic carbocycles. The monoisotopic (exact) mass is 430 g/mol. The number of benzene rings is 1. The molecule has 166 valence electrons. The number of piperidine rings is 1. The molecule has 32 heavy (non-hydrogen) atoms. The molecule has 0 unspecified atom stereocenters. The van der Waals surface area contributed by atoms with E-state index < -0.39 is 0 Å². The number of carbonyl (C=O) groups is 1. The zero-order valence-corrected chi connectivity index (χ0v) is 18.9. The predicted molar refractivity (Wildman–Crippen MR) is 130 cm³/mol. The molecule has 0 saturated carbocycles. The molecular weight excluding hydrogens is 400 g/mol. The molecule has 3 heterocycles. The average molecular weight is 431 g/mol. The van der Waals surface area contributed by atoms with Crippen molar-refractivity contribution in [3.05, 3.63) is 65.6 Å². The molecular formula is C25H30N6O. The van der Waals surface area contributed by atoms with Gasteiger partial charge >= 0.3 is 0 Å². The molecule has 1 amide bonds. The third kappa shape index (κ3) is 4.82. The second-order valence-electron chi connectivity index (χ2n) is 8.16. The lowest BCUT2D eigenvalue weighted by molar-refractivity contribution is 0.0959. The van der Waals surface area contributed by atoms with Crippen molar-refractivity contribution in [2.24, 2.45) is 0 Å². The summed E-state index contributed by atoms with van der Waals surface area (Å²) >= 11 is 0. The highest BCUT2D eigenvalue weighted by Crippen LogP contribution is 2.29. The fraction of sp³-hybridized carbons (Fsp3) is 0.320. The highest BCUT2D eigenvalue weighted by Gasteiger charge is 2.14. The minimum absolute atomic E-state index is 0.234. The van der Waals surface area contributed by atoms with Crippen LogP contribution in [0.25, 0.3) is 0 Å². The second kappa shape index (κ2) is 9.68. The van der Waals surface area contributed by atoms with Crippen LogP contribution < -0.4 is 20.9 Å². The van der Waals surface area contributed by atoms with Gasteiger partial charge in [0.1, 0.15) is 5.82 Å². The summed E-state index contributed by atoms with van der Waals surface area (Å²) in [4.78, 5) is 23.4. The Morgan fingerprint density at radius 3 is 2.47 bits per heavy atom. The Hall–Kier alpha value is -3.61. The Morgan fingerprint density at radius 1 is 0.906 bits per heavy atom. The van der Waals surface area contributed by atoms with E-state index in [4.69, 9.17) is 0 Å². The lowest BCUT2D eigenvalue weighted by Gasteiger charge is -2.29. The summed E-state index contributed by atoms with van der Waals surface area (Å²) < 4.78 is 0. The smallest absolute Gasteiger partial charge is 0.271 e. The van der Waals surface area contributed by atoms with E-state index in [1.807, 2.05) is 25.3 Å². The fourth-order valence-electron chi connectivity index (χ4n) is 3.95. The van der Waals surface area contributed by atoms with Crippen LogP contribution in [0.4, 0.5) is 28.6 Å². The van der Waals surface area contributed by atoms with Crippen molar-refractivity contribution in [2.75, 3.05) is 35.7 Å². The van der Waals surface area contributed by atoms with Crippen molar-refractivity contribution in [1.82, 2.24) is 15.3 Å². The zero-order valence-electron chi connectivity index (χ0n) is 18.9. The van der Waals surface area contributed by atoms with Crippen molar-refractivity contribution in [3.63, 3.8) is 0 Å². The third-order valence-corrected chi connectivity index (χ3v) is 5.82. The Kier molecular flexibility index (Phi) is 6.54. The Morgan fingerprint density at radius 2 is 1.72 bits per heavy atom. The van der Waals surface area contributed by atoms with E-state index in [2.05, 4.69) is 55.9 Å². The normalized spacial score (nSPS) is 13.5. The van der Waals surface area contributed by atoms with Gasteiger partial charge in [-0.3, -0.25) is 4.79 Å². The van der Waals surface area contributed by atoms with Gasteiger partial charge in [0.05, 0.1) is 5.69 Å². The van der Waals surface area contributed by atoms with E-state index >= 15 is 0 Å². The SMILES string of the molecule is CNC(=O)c1ncccc1Nc1cc(Nc2ccc(N3CCCCC3)cc2C)ncc1C. The molecule has 0 bridgehead atoms. The molecule has 2 aromatic heterocycles. The van der Waals surface area contributed by atoms with E-state index in [1.165, 1.54) is 30.5 Å². The molecule has 1 saturated heterocycles. The summed E-state index contributed by atoms with van der Waals surface area (Å²) in [6.07, 6.45) is 7.28. The number of nitrogens with one attached hydrogen (secondary N) is 3. The largest absolute Gasteiger partial charge is 0.372 e. The van der Waals surface area contributed by atoms with Crippen LogP contribution in [0, 0.1) is 13.8 Å². The van der Waals surface area contributed by atoms with Crippen molar-refractivity contribution in [3.8, 4) is 0 Å². The van der Waals surface area contributed by atoms with Crippen LogP contribution in [-0.2, 0) is 0 Å². The lowest BCUT2D eigenvalue weighted by atomic mass is 10.1. The number of amides is 1. The molecule has 0 atom stereocenters. The molecule has 1 aliphatic rings. The van der Waals surface area contributed by atoms with Crippen LogP contribution in [0.1, 0.15) is 40.9 Å². The summed E-state index contributed by atoms with van der Waals surface area (Å²) in [5.41, 5.74) is 6.33. The first-order valence-corrected chi connectivity index (χ1v) is 11.1. The molecule has 3 N–H and O–H groups in total. The van der Waals surface area contributed by atoms with Gasteiger partial charge in [0.15, 0.2) is 5.69 Å². The quantitative estimate of drug-likeness (QED) is 0.514. The van der Waals surface area contributed by atoms with Crippen LogP contribution in [0.2, 0.25) is 0 Å². The Labute approximate surface area is 189 Å². The standard InChI is InChI=1S/C25H30N6O/c1-17-14-19(31-12-5-4-6-13-31)9-10-20(17)30-23-15-22(18(2)16-28-23)29-21-8-7-11-27-24(21)25(32)26-3/h7-11,14-16H,4-6,12-13H2,1-3H3,(H,26,32)(H2,28,29,30). The van der Waals surface area contributed by atoms with Crippen molar-refractivity contribution >= 4 is 34.5 Å². The van der Waals surface area contributed by atoms with Crippen LogP contribution in [0.5, 0.6) is 0 Å². The number of carbonyl (C=O) groups excluding carboxylic acids is 1. The lowest BCUT2D eigenvalue weighted by Crippen LogP contribution is -2.29. The summed E-state index contributed by atoms with van der Waals surface area (Å²) in [7, 11) is 1.60. The topological polar surface area (TPSA) is 82.2 Å². The average Bonchev–Trinajstić information content (AvgIpc) is 2.83. The van der Waals surface area contributed by atoms with E-state index in [0.29, 0.717) is 11.4 Å². The van der Waals surface area contributed by atoms with Crippen molar-refractivity contribution in [1.29, 1.82) is 0 Å². The number of hydrogen-bond acceptors (Lipinski definition) is 6. The summed E-state index contributed by atoms with van der Waals surface area (Å²) in [5.74, 6) is 0.500. The first-order chi connectivity index (χ1) is 15.5. The Balaban J connectivity index is 1.54. The van der Waals surface area contributed by atoms with E-state index in [9.17, 15) is 4.79 Å². The maximum Gasteiger partial charge on any atom is 0.271 e. The van der Waals surface area contributed by atoms with Gasteiger partial charge in [-0.2, -0.15) is 0 Å². The number of hydrogen-bond donors (Lipinski definition) is 3. The van der Waals surface area contributed by atoms with Gasteiger partial charge in [0.25, 0.3) is 5.91 Å². The molecule has 0 radical (unpaired) electrons. The van der Waals surface area contributed by atoms with E-state index in [0.717, 1.165) is 35.8 Å². The van der Waals surface area contributed by atoms with Crippen LogP contribution in [0.15, 0.2) is 48.8 Å². The second-order valence-corrected chi connectivity index (χ2v) is 8.16. The number of aromatic nitrogens is 2. The number of anilines is 5. The van der Waals surface area contributed by atoms with E-state index in [-0.39, 0.29) is 5.91 Å². The van der Waals surface area contributed by atoms with Gasteiger partial charge in [-0.1, -0.05) is 0 Å². The minimum Gasteiger partial charge on any atom is -0.372 e. The molecule has 4 rings (SSSR count). The molecule has 1 aromatic carbocycles. The van der Waals surface area contributed by atoms with Crippen molar-refractivity contribution < 1.29 is 4.79 Å². The molecule has 1 aliphatic heterocycles. The third-order valence-electron chi connectivity index (χ3n) is 5.82.